The van der Waals surface area contributed by atoms with Crippen molar-refractivity contribution in [1.82, 2.24) is 0 Å². The molecule has 2 aliphatic rings. The predicted molar refractivity (Wildman–Crippen MR) is 175 cm³/mol. The van der Waals surface area contributed by atoms with Crippen molar-refractivity contribution in [3.05, 3.63) is 11.6 Å². The van der Waals surface area contributed by atoms with E-state index in [1.807, 2.05) is 13.0 Å². The number of rotatable bonds is 28. The number of hydrogen-bond acceptors (Lipinski definition) is 5. The summed E-state index contributed by atoms with van der Waals surface area (Å²) >= 11 is 0. The van der Waals surface area contributed by atoms with Crippen LogP contribution in [0.5, 0.6) is 0 Å². The molecule has 2 rings (SSSR count). The van der Waals surface area contributed by atoms with Gasteiger partial charge < -0.3 is 19.7 Å². The lowest BCUT2D eigenvalue weighted by Crippen LogP contribution is -2.31. The second-order valence-corrected chi connectivity index (χ2v) is 13.5. The third-order valence-electron chi connectivity index (χ3n) is 9.48. The highest BCUT2D eigenvalue weighted by Crippen LogP contribution is 2.28. The van der Waals surface area contributed by atoms with E-state index in [0.29, 0.717) is 0 Å². The number of ether oxygens (including phenoxy) is 2. The van der Waals surface area contributed by atoms with Crippen LogP contribution in [0.3, 0.4) is 0 Å². The second kappa shape index (κ2) is 24.4. The largest absolute Gasteiger partial charge is 0.455 e. The van der Waals surface area contributed by atoms with Gasteiger partial charge in [-0.1, -0.05) is 142 Å². The summed E-state index contributed by atoms with van der Waals surface area (Å²) in [6.45, 7) is 4.19. The van der Waals surface area contributed by atoms with Gasteiger partial charge in [0.25, 0.3) is 0 Å². The quantitative estimate of drug-likeness (QED) is 0.0698. The maximum absolute atomic E-state index is 11.6. The molecular formula is C37H68O5. The van der Waals surface area contributed by atoms with Gasteiger partial charge in [-0.05, 0) is 51.5 Å². The number of carbonyl (C=O) groups is 1. The van der Waals surface area contributed by atoms with Gasteiger partial charge in [-0.3, -0.25) is 0 Å². The first kappa shape index (κ1) is 37.3. The van der Waals surface area contributed by atoms with Gasteiger partial charge in [0.15, 0.2) is 0 Å². The van der Waals surface area contributed by atoms with Crippen LogP contribution in [-0.4, -0.2) is 46.7 Å². The molecule has 0 spiro atoms. The molecule has 0 amide bonds. The Balaban J connectivity index is 1.32. The summed E-state index contributed by atoms with van der Waals surface area (Å²) in [7, 11) is 0. The van der Waals surface area contributed by atoms with Gasteiger partial charge in [0.05, 0.1) is 24.4 Å². The molecule has 0 aromatic carbocycles. The summed E-state index contributed by atoms with van der Waals surface area (Å²) in [5, 5.41) is 21.2. The Kier molecular flexibility index (Phi) is 21.7. The molecule has 0 aliphatic carbocycles. The van der Waals surface area contributed by atoms with Crippen molar-refractivity contribution in [2.45, 2.75) is 218 Å². The van der Waals surface area contributed by atoms with Gasteiger partial charge in [-0.15, -0.1) is 0 Å². The molecule has 0 unspecified atom stereocenters. The van der Waals surface area contributed by atoms with Crippen molar-refractivity contribution in [3.8, 4) is 0 Å². The number of unbranched alkanes of at least 4 members (excludes halogenated alkanes) is 20. The molecule has 2 heterocycles. The smallest absolute Gasteiger partial charge is 0.334 e. The third kappa shape index (κ3) is 17.4. The molecular weight excluding hydrogens is 524 g/mol. The van der Waals surface area contributed by atoms with E-state index in [2.05, 4.69) is 6.92 Å². The molecule has 246 valence electrons. The molecule has 0 bridgehead atoms. The highest BCUT2D eigenvalue weighted by molar-refractivity contribution is 5.90. The van der Waals surface area contributed by atoms with E-state index in [-0.39, 0.29) is 36.5 Å². The van der Waals surface area contributed by atoms with Crippen LogP contribution < -0.4 is 0 Å². The van der Waals surface area contributed by atoms with E-state index in [0.717, 1.165) is 56.9 Å². The lowest BCUT2D eigenvalue weighted by Gasteiger charge is -2.22. The van der Waals surface area contributed by atoms with Crippen molar-refractivity contribution in [2.75, 3.05) is 0 Å². The minimum Gasteiger partial charge on any atom is -0.455 e. The zero-order valence-electron chi connectivity index (χ0n) is 27.7. The summed E-state index contributed by atoms with van der Waals surface area (Å²) in [6, 6.07) is 0. The topological polar surface area (TPSA) is 76.0 Å². The van der Waals surface area contributed by atoms with E-state index in [1.165, 1.54) is 122 Å². The number of aliphatic hydroxyl groups excluding tert-OH is 2. The predicted octanol–water partition coefficient (Wildman–Crippen LogP) is 9.90. The van der Waals surface area contributed by atoms with Crippen LogP contribution >= 0.6 is 0 Å². The van der Waals surface area contributed by atoms with Crippen molar-refractivity contribution >= 4 is 5.97 Å². The molecule has 2 aliphatic heterocycles. The molecule has 5 nitrogen and oxygen atoms in total. The van der Waals surface area contributed by atoms with E-state index in [1.54, 1.807) is 0 Å². The van der Waals surface area contributed by atoms with Crippen LogP contribution in [0.1, 0.15) is 187 Å². The zero-order chi connectivity index (χ0) is 30.3. The average Bonchev–Trinajstić information content (AvgIpc) is 3.60. The van der Waals surface area contributed by atoms with Gasteiger partial charge in [0, 0.05) is 5.57 Å². The molecule has 0 saturated carbocycles. The van der Waals surface area contributed by atoms with Crippen molar-refractivity contribution in [1.29, 1.82) is 0 Å². The Hall–Kier alpha value is -0.910. The maximum Gasteiger partial charge on any atom is 0.334 e. The van der Waals surface area contributed by atoms with Crippen LogP contribution in [-0.2, 0) is 14.3 Å². The van der Waals surface area contributed by atoms with Gasteiger partial charge in [0.1, 0.15) is 6.10 Å². The summed E-state index contributed by atoms with van der Waals surface area (Å²) in [5.74, 6) is -0.111. The molecule has 0 radical (unpaired) electrons. The standard InChI is InChI=1S/C37H68O5/c1-3-4-5-6-7-8-14-17-20-23-26-33(38)35-28-29-36(42-35)34(39)27-24-21-18-15-12-10-9-11-13-16-19-22-25-32-30-31(2)41-37(32)40/h30-31,33-36,38-39H,3-29H2,1-2H3/t31-,33+,34+,35+,36+/m0/s1. The van der Waals surface area contributed by atoms with Crippen LogP contribution in [0.25, 0.3) is 0 Å². The average molecular weight is 593 g/mol. The first-order valence-corrected chi connectivity index (χ1v) is 18.4. The number of cyclic esters (lactones) is 1. The highest BCUT2D eigenvalue weighted by atomic mass is 16.5. The molecule has 0 aromatic rings. The van der Waals surface area contributed by atoms with E-state index < -0.39 is 0 Å². The summed E-state index contributed by atoms with van der Waals surface area (Å²) < 4.78 is 11.3. The molecule has 5 heteroatoms. The minimum atomic E-state index is -0.383. The van der Waals surface area contributed by atoms with Gasteiger partial charge in [0.2, 0.25) is 0 Å². The van der Waals surface area contributed by atoms with Crippen LogP contribution in [0, 0.1) is 0 Å². The Morgan fingerprint density at radius 2 is 1.02 bits per heavy atom. The summed E-state index contributed by atoms with van der Waals surface area (Å²) in [6.07, 6.45) is 33.4. The fourth-order valence-corrected chi connectivity index (χ4v) is 6.72. The van der Waals surface area contributed by atoms with Gasteiger partial charge in [-0.2, -0.15) is 0 Å². The first-order valence-electron chi connectivity index (χ1n) is 18.4. The molecule has 0 aromatic heterocycles. The normalized spacial score (nSPS) is 22.0. The molecule has 2 N–H and O–H groups in total. The number of carbonyl (C=O) groups excluding carboxylic acids is 1. The number of hydrogen-bond donors (Lipinski definition) is 2. The number of esters is 1. The minimum absolute atomic E-state index is 0.0387. The third-order valence-corrected chi connectivity index (χ3v) is 9.48. The Labute approximate surface area is 259 Å². The maximum atomic E-state index is 11.6. The van der Waals surface area contributed by atoms with E-state index in [4.69, 9.17) is 9.47 Å². The van der Waals surface area contributed by atoms with E-state index in [9.17, 15) is 15.0 Å². The zero-order valence-corrected chi connectivity index (χ0v) is 27.7. The Morgan fingerprint density at radius 1 is 0.643 bits per heavy atom. The molecule has 42 heavy (non-hydrogen) atoms. The lowest BCUT2D eigenvalue weighted by atomic mass is 10.00. The summed E-state index contributed by atoms with van der Waals surface area (Å²) in [4.78, 5) is 11.6. The van der Waals surface area contributed by atoms with Crippen LogP contribution in [0.4, 0.5) is 0 Å². The van der Waals surface area contributed by atoms with Gasteiger partial charge >= 0.3 is 5.97 Å². The second-order valence-electron chi connectivity index (χ2n) is 13.5. The molecule has 1 fully saturated rings. The van der Waals surface area contributed by atoms with Gasteiger partial charge in [-0.25, -0.2) is 4.79 Å². The highest BCUT2D eigenvalue weighted by Gasteiger charge is 2.34. The van der Waals surface area contributed by atoms with Crippen molar-refractivity contribution in [2.24, 2.45) is 0 Å². The fraction of sp³-hybridized carbons (Fsp3) is 0.919. The number of aliphatic hydroxyl groups is 2. The fourth-order valence-electron chi connectivity index (χ4n) is 6.72. The first-order chi connectivity index (χ1) is 20.5. The van der Waals surface area contributed by atoms with Crippen molar-refractivity contribution in [3.63, 3.8) is 0 Å². The molecule has 5 atom stereocenters. The van der Waals surface area contributed by atoms with Crippen LogP contribution in [0.2, 0.25) is 0 Å². The monoisotopic (exact) mass is 593 g/mol. The Bertz CT molecular complexity index is 692. The summed E-state index contributed by atoms with van der Waals surface area (Å²) in [5.41, 5.74) is 0.877. The SMILES string of the molecule is CCCCCCCCCCCC[C@@H](O)[C@H]1CC[C@H]([C@H](O)CCCCCCCCCCCCCCC2=C[C@H](C)OC2=O)O1. The Morgan fingerprint density at radius 3 is 1.40 bits per heavy atom. The van der Waals surface area contributed by atoms with Crippen LogP contribution in [0.15, 0.2) is 11.6 Å². The molecule has 1 saturated heterocycles. The van der Waals surface area contributed by atoms with Crippen molar-refractivity contribution < 1.29 is 24.5 Å². The lowest BCUT2D eigenvalue weighted by molar-refractivity contribution is -0.139. The van der Waals surface area contributed by atoms with E-state index >= 15 is 0 Å².